The van der Waals surface area contributed by atoms with E-state index in [9.17, 15) is 9.90 Å². The molecule has 0 aliphatic heterocycles. The number of esters is 1. The van der Waals surface area contributed by atoms with Crippen LogP contribution in [-0.4, -0.2) is 17.2 Å². The number of carbonyl (C=O) groups excluding carboxylic acids is 1. The summed E-state index contributed by atoms with van der Waals surface area (Å²) in [5.41, 5.74) is 0.157. The predicted octanol–water partition coefficient (Wildman–Crippen LogP) is 4.24. The predicted molar refractivity (Wildman–Crippen MR) is 91.3 cm³/mol. The number of ether oxygens (including phenoxy) is 1. The van der Waals surface area contributed by atoms with Crippen LogP contribution in [0.5, 0.6) is 5.75 Å². The molecule has 0 amide bonds. The van der Waals surface area contributed by atoms with Crippen molar-refractivity contribution in [3.05, 3.63) is 54.6 Å². The Morgan fingerprint density at radius 1 is 1.09 bits per heavy atom. The molecule has 1 atom stereocenters. The van der Waals surface area contributed by atoms with Crippen molar-refractivity contribution in [1.82, 2.24) is 0 Å². The fourth-order valence-electron chi connectivity index (χ4n) is 3.31. The quantitative estimate of drug-likeness (QED) is 0.522. The van der Waals surface area contributed by atoms with E-state index in [1.807, 2.05) is 36.4 Å². The maximum Gasteiger partial charge on any atom is 0.341 e. The molecule has 1 N–H and O–H groups in total. The Bertz CT molecular complexity index is 708. The van der Waals surface area contributed by atoms with Crippen molar-refractivity contribution in [3.8, 4) is 5.75 Å². The van der Waals surface area contributed by atoms with Crippen LogP contribution in [0.3, 0.4) is 0 Å². The minimum Gasteiger partial charge on any atom is -0.422 e. The maximum absolute atomic E-state index is 12.4. The molecule has 2 aromatic carbocycles. The lowest BCUT2D eigenvalue weighted by atomic mass is 9.83. The normalized spacial score (nSPS) is 16.9. The van der Waals surface area contributed by atoms with Crippen LogP contribution < -0.4 is 4.74 Å². The van der Waals surface area contributed by atoms with Gasteiger partial charge in [-0.2, -0.15) is 0 Å². The number of aliphatic hydroxyl groups is 1. The van der Waals surface area contributed by atoms with E-state index >= 15 is 0 Å². The first kappa shape index (κ1) is 15.8. The summed E-state index contributed by atoms with van der Waals surface area (Å²) in [5, 5.41) is 12.3. The zero-order valence-corrected chi connectivity index (χ0v) is 13.2. The number of rotatable bonds is 4. The summed E-state index contributed by atoms with van der Waals surface area (Å²) in [4.78, 5) is 12.4. The first-order valence-corrected chi connectivity index (χ1v) is 8.23. The van der Waals surface area contributed by atoms with Crippen molar-refractivity contribution < 1.29 is 14.6 Å². The molecule has 3 nitrogen and oxygen atoms in total. The molecule has 3 heteroatoms. The molecular formula is C20H22O3. The van der Waals surface area contributed by atoms with Gasteiger partial charge in [-0.05, 0) is 30.2 Å². The molecule has 23 heavy (non-hydrogen) atoms. The Hall–Kier alpha value is -2.13. The Morgan fingerprint density at radius 3 is 2.57 bits per heavy atom. The first-order chi connectivity index (χ1) is 11.2. The van der Waals surface area contributed by atoms with Crippen LogP contribution in [-0.2, 0) is 4.79 Å². The monoisotopic (exact) mass is 310 g/mol. The van der Waals surface area contributed by atoms with Gasteiger partial charge in [-0.3, -0.25) is 0 Å². The fraction of sp³-hybridized carbons (Fsp3) is 0.350. The molecule has 0 spiro atoms. The number of fused-ring (bicyclic) bond motifs is 1. The minimum atomic E-state index is -0.808. The average Bonchev–Trinajstić information content (AvgIpc) is 2.61. The second-order valence-corrected chi connectivity index (χ2v) is 6.23. The molecule has 0 heterocycles. The molecule has 120 valence electrons. The molecule has 0 bridgehead atoms. The van der Waals surface area contributed by atoms with Gasteiger partial charge in [0.2, 0.25) is 0 Å². The van der Waals surface area contributed by atoms with Gasteiger partial charge in [-0.1, -0.05) is 62.2 Å². The molecule has 0 saturated heterocycles. The Kier molecular flexibility index (Phi) is 4.77. The van der Waals surface area contributed by atoms with E-state index in [4.69, 9.17) is 4.74 Å². The summed E-state index contributed by atoms with van der Waals surface area (Å²) in [6.45, 7) is 3.78. The Labute approximate surface area is 136 Å². The van der Waals surface area contributed by atoms with E-state index in [0.717, 1.165) is 36.5 Å². The largest absolute Gasteiger partial charge is 0.422 e. The average molecular weight is 310 g/mol. The van der Waals surface area contributed by atoms with E-state index in [2.05, 4.69) is 6.58 Å². The SMILES string of the molecule is C=C(C(=O)Oc1cccc2ccccc12)[C@@H](O)C1CCCCC1. The summed E-state index contributed by atoms with van der Waals surface area (Å²) < 4.78 is 5.50. The van der Waals surface area contributed by atoms with Gasteiger partial charge < -0.3 is 9.84 Å². The molecule has 1 aliphatic carbocycles. The van der Waals surface area contributed by atoms with Crippen molar-refractivity contribution >= 4 is 16.7 Å². The first-order valence-electron chi connectivity index (χ1n) is 8.23. The van der Waals surface area contributed by atoms with Crippen molar-refractivity contribution in [2.75, 3.05) is 0 Å². The fourth-order valence-corrected chi connectivity index (χ4v) is 3.31. The van der Waals surface area contributed by atoms with Crippen LogP contribution in [0.25, 0.3) is 10.8 Å². The number of benzene rings is 2. The topological polar surface area (TPSA) is 46.5 Å². The van der Waals surface area contributed by atoms with E-state index in [0.29, 0.717) is 5.75 Å². The van der Waals surface area contributed by atoms with Gasteiger partial charge in [0.15, 0.2) is 0 Å². The third-order valence-electron chi connectivity index (χ3n) is 4.67. The van der Waals surface area contributed by atoms with Crippen LogP contribution in [0, 0.1) is 5.92 Å². The highest BCUT2D eigenvalue weighted by Crippen LogP contribution is 2.30. The number of carbonyl (C=O) groups is 1. The maximum atomic E-state index is 12.4. The highest BCUT2D eigenvalue weighted by atomic mass is 16.5. The standard InChI is InChI=1S/C20H22O3/c1-14(19(21)16-9-3-2-4-10-16)20(22)23-18-13-7-11-15-8-5-6-12-17(15)18/h5-8,11-13,16,19,21H,1-4,9-10H2/t19-/m1/s1. The van der Waals surface area contributed by atoms with E-state index in [1.54, 1.807) is 6.07 Å². The number of hydrogen-bond acceptors (Lipinski definition) is 3. The minimum absolute atomic E-state index is 0.122. The molecule has 0 aromatic heterocycles. The summed E-state index contributed by atoms with van der Waals surface area (Å²) in [5.74, 6) is 0.0841. The molecular weight excluding hydrogens is 288 g/mol. The second-order valence-electron chi connectivity index (χ2n) is 6.23. The van der Waals surface area contributed by atoms with Gasteiger partial charge in [-0.15, -0.1) is 0 Å². The van der Waals surface area contributed by atoms with E-state index < -0.39 is 12.1 Å². The summed E-state index contributed by atoms with van der Waals surface area (Å²) in [7, 11) is 0. The lowest BCUT2D eigenvalue weighted by Crippen LogP contribution is -2.29. The van der Waals surface area contributed by atoms with Crippen LogP contribution in [0.4, 0.5) is 0 Å². The van der Waals surface area contributed by atoms with Crippen LogP contribution in [0.15, 0.2) is 54.6 Å². The molecule has 3 rings (SSSR count). The third kappa shape index (κ3) is 3.45. The summed E-state index contributed by atoms with van der Waals surface area (Å²) in [6.07, 6.45) is 4.50. The molecule has 1 saturated carbocycles. The molecule has 1 aliphatic rings. The van der Waals surface area contributed by atoms with Crippen molar-refractivity contribution in [3.63, 3.8) is 0 Å². The number of hydrogen-bond donors (Lipinski definition) is 1. The van der Waals surface area contributed by atoms with E-state index in [-0.39, 0.29) is 11.5 Å². The lowest BCUT2D eigenvalue weighted by Gasteiger charge is -2.27. The van der Waals surface area contributed by atoms with E-state index in [1.165, 1.54) is 6.42 Å². The van der Waals surface area contributed by atoms with Gasteiger partial charge in [0.1, 0.15) is 5.75 Å². The highest BCUT2D eigenvalue weighted by Gasteiger charge is 2.28. The van der Waals surface area contributed by atoms with Crippen molar-refractivity contribution in [2.45, 2.75) is 38.2 Å². The van der Waals surface area contributed by atoms with Crippen LogP contribution >= 0.6 is 0 Å². The lowest BCUT2D eigenvalue weighted by molar-refractivity contribution is -0.131. The smallest absolute Gasteiger partial charge is 0.341 e. The molecule has 0 radical (unpaired) electrons. The third-order valence-corrected chi connectivity index (χ3v) is 4.67. The summed E-state index contributed by atoms with van der Waals surface area (Å²) >= 11 is 0. The van der Waals surface area contributed by atoms with Gasteiger partial charge in [-0.25, -0.2) is 4.79 Å². The van der Waals surface area contributed by atoms with Gasteiger partial charge in [0, 0.05) is 5.39 Å². The van der Waals surface area contributed by atoms with Crippen molar-refractivity contribution in [1.29, 1.82) is 0 Å². The molecule has 1 fully saturated rings. The zero-order chi connectivity index (χ0) is 16.2. The van der Waals surface area contributed by atoms with Crippen LogP contribution in [0.1, 0.15) is 32.1 Å². The second kappa shape index (κ2) is 6.97. The Morgan fingerprint density at radius 2 is 1.78 bits per heavy atom. The number of aliphatic hydroxyl groups excluding tert-OH is 1. The van der Waals surface area contributed by atoms with Gasteiger partial charge >= 0.3 is 5.97 Å². The highest BCUT2D eigenvalue weighted by molar-refractivity contribution is 5.95. The van der Waals surface area contributed by atoms with Crippen molar-refractivity contribution in [2.24, 2.45) is 5.92 Å². The molecule has 2 aromatic rings. The summed E-state index contributed by atoms with van der Waals surface area (Å²) in [6, 6.07) is 13.3. The van der Waals surface area contributed by atoms with Crippen LogP contribution in [0.2, 0.25) is 0 Å². The van der Waals surface area contributed by atoms with Gasteiger partial charge in [0.25, 0.3) is 0 Å². The molecule has 0 unspecified atom stereocenters. The van der Waals surface area contributed by atoms with Gasteiger partial charge in [0.05, 0.1) is 11.7 Å². The Balaban J connectivity index is 1.73. The zero-order valence-electron chi connectivity index (χ0n) is 13.2.